The minimum Gasteiger partial charge on any atom is -0.465 e. The first-order valence-electron chi connectivity index (χ1n) is 17.0. The Morgan fingerprint density at radius 2 is 1.28 bits per heavy atom. The predicted octanol–water partition coefficient (Wildman–Crippen LogP) is 11.9. The molecule has 1 atom stereocenters. The van der Waals surface area contributed by atoms with Crippen LogP contribution in [0.25, 0.3) is 5.57 Å². The number of rotatable bonds is 10. The van der Waals surface area contributed by atoms with Crippen LogP contribution in [0.5, 0.6) is 5.75 Å². The van der Waals surface area contributed by atoms with Gasteiger partial charge in [0.15, 0.2) is 6.29 Å². The Balaban J connectivity index is 0.00000183. The van der Waals surface area contributed by atoms with Crippen molar-refractivity contribution in [3.05, 3.63) is 35.9 Å². The fourth-order valence-electron chi connectivity index (χ4n) is 7.76. The third-order valence-electron chi connectivity index (χ3n) is 9.75. The Morgan fingerprint density at radius 3 is 1.74 bits per heavy atom. The van der Waals surface area contributed by atoms with Gasteiger partial charge in [-0.05, 0) is 72.1 Å². The molecule has 39 heavy (non-hydrogen) atoms. The van der Waals surface area contributed by atoms with Crippen LogP contribution in [-0.4, -0.2) is 12.9 Å². The van der Waals surface area contributed by atoms with Crippen molar-refractivity contribution in [2.24, 2.45) is 29.1 Å². The van der Waals surface area contributed by atoms with Crippen LogP contribution < -0.4 is 4.74 Å². The molecule has 3 aliphatic carbocycles. The second-order valence-corrected chi connectivity index (χ2v) is 13.6. The summed E-state index contributed by atoms with van der Waals surface area (Å²) in [5.74, 6) is 4.17. The van der Waals surface area contributed by atoms with E-state index in [0.29, 0.717) is 5.92 Å². The fraction of sp³-hybridized carbons (Fsp3) is 0.784. The molecule has 4 rings (SSSR count). The molecule has 0 radical (unpaired) electrons. The molecular weight excluding hydrogens is 476 g/mol. The van der Waals surface area contributed by atoms with E-state index in [9.17, 15) is 0 Å². The molecule has 1 unspecified atom stereocenters. The number of allylic oxidation sites excluding steroid dienone is 2. The van der Waals surface area contributed by atoms with Gasteiger partial charge in [-0.3, -0.25) is 0 Å². The van der Waals surface area contributed by atoms with Crippen LogP contribution in [0.2, 0.25) is 0 Å². The average molecular weight is 541 g/mol. The molecule has 2 heteroatoms. The molecule has 3 aliphatic rings. The maximum absolute atomic E-state index is 6.73. The van der Waals surface area contributed by atoms with E-state index in [1.54, 1.807) is 0 Å². The summed E-state index contributed by atoms with van der Waals surface area (Å²) in [6.07, 6.45) is 24.2. The lowest BCUT2D eigenvalue weighted by Gasteiger charge is -2.39. The van der Waals surface area contributed by atoms with Gasteiger partial charge in [0, 0.05) is 7.85 Å². The molecule has 3 fully saturated rings. The van der Waals surface area contributed by atoms with Gasteiger partial charge in [-0.2, -0.15) is 0 Å². The largest absolute Gasteiger partial charge is 0.465 e. The van der Waals surface area contributed by atoms with Gasteiger partial charge >= 0.3 is 0 Å². The molecule has 0 amide bonds. The Hall–Kier alpha value is -1.28. The van der Waals surface area contributed by atoms with E-state index < -0.39 is 0 Å². The van der Waals surface area contributed by atoms with Gasteiger partial charge in [0.05, 0.1) is 6.61 Å². The van der Waals surface area contributed by atoms with Crippen LogP contribution in [-0.2, 0) is 4.74 Å². The molecule has 0 aromatic heterocycles. The normalized spacial score (nSPS) is 21.4. The molecule has 3 saturated carbocycles. The SMILES string of the molecule is CC.CC=C(c1ccc(OC(CC(C2CCCCC2)C2CCCCC2)OCC2CCCCC2)cc1)C(C)(C)C.[HH]. The van der Waals surface area contributed by atoms with Gasteiger partial charge in [0.2, 0.25) is 0 Å². The maximum atomic E-state index is 6.73. The first kappa shape index (κ1) is 32.2. The maximum Gasteiger partial charge on any atom is 0.200 e. The predicted molar refractivity (Wildman–Crippen MR) is 171 cm³/mol. The Kier molecular flexibility index (Phi) is 13.9. The number of ether oxygens (including phenoxy) is 2. The zero-order chi connectivity index (χ0) is 28.1. The molecule has 1 aromatic carbocycles. The smallest absolute Gasteiger partial charge is 0.200 e. The van der Waals surface area contributed by atoms with Crippen LogP contribution in [0.15, 0.2) is 30.3 Å². The van der Waals surface area contributed by atoms with Crippen LogP contribution in [0.4, 0.5) is 0 Å². The first-order chi connectivity index (χ1) is 18.9. The highest BCUT2D eigenvalue weighted by molar-refractivity contribution is 5.69. The Labute approximate surface area is 244 Å². The van der Waals surface area contributed by atoms with Crippen molar-refractivity contribution < 1.29 is 10.9 Å². The van der Waals surface area contributed by atoms with Crippen molar-refractivity contribution in [3.8, 4) is 5.75 Å². The molecule has 0 heterocycles. The lowest BCUT2D eigenvalue weighted by molar-refractivity contribution is -0.116. The van der Waals surface area contributed by atoms with Gasteiger partial charge in [0.1, 0.15) is 5.75 Å². The second kappa shape index (κ2) is 16.9. The highest BCUT2D eigenvalue weighted by Gasteiger charge is 2.34. The van der Waals surface area contributed by atoms with Crippen LogP contribution in [0.3, 0.4) is 0 Å². The molecule has 0 saturated heterocycles. The average Bonchev–Trinajstić information content (AvgIpc) is 2.97. The molecular formula is C37H64O2. The van der Waals surface area contributed by atoms with Crippen molar-refractivity contribution in [2.45, 2.75) is 151 Å². The van der Waals surface area contributed by atoms with Gasteiger partial charge in [0.25, 0.3) is 0 Å². The lowest BCUT2D eigenvalue weighted by Crippen LogP contribution is -2.34. The van der Waals surface area contributed by atoms with Crippen molar-refractivity contribution >= 4 is 5.57 Å². The standard InChI is InChI=1S/C35H56O2.C2H6.H2/c1-5-33(35(2,3)4)30-21-23-31(24-22-30)37-34(36-26-27-15-9-6-10-16-27)25-32(28-17-11-7-12-18-28)29-19-13-8-14-20-29;1-2;/h5,21-24,27-29,32,34H,6-20,25-26H2,1-4H3;1-2H3;1H. The summed E-state index contributed by atoms with van der Waals surface area (Å²) in [6.45, 7) is 13.9. The number of hydrogen-bond acceptors (Lipinski definition) is 2. The summed E-state index contributed by atoms with van der Waals surface area (Å²) in [7, 11) is 0. The van der Waals surface area contributed by atoms with E-state index >= 15 is 0 Å². The van der Waals surface area contributed by atoms with Gasteiger partial charge < -0.3 is 9.47 Å². The minimum atomic E-state index is -0.120. The van der Waals surface area contributed by atoms with E-state index in [2.05, 4.69) is 58.0 Å². The second-order valence-electron chi connectivity index (χ2n) is 13.6. The van der Waals surface area contributed by atoms with E-state index in [4.69, 9.17) is 9.47 Å². The summed E-state index contributed by atoms with van der Waals surface area (Å²) in [5.41, 5.74) is 2.82. The van der Waals surface area contributed by atoms with E-state index in [-0.39, 0.29) is 13.1 Å². The van der Waals surface area contributed by atoms with Gasteiger partial charge in [-0.25, -0.2) is 0 Å². The molecule has 1 aromatic rings. The van der Waals surface area contributed by atoms with Gasteiger partial charge in [-0.1, -0.05) is 136 Å². The van der Waals surface area contributed by atoms with E-state index in [1.807, 2.05) is 13.8 Å². The molecule has 2 nitrogen and oxygen atoms in total. The summed E-state index contributed by atoms with van der Waals surface area (Å²) in [6, 6.07) is 8.84. The molecule has 0 aliphatic heterocycles. The van der Waals surface area contributed by atoms with Gasteiger partial charge in [-0.15, -0.1) is 0 Å². The lowest BCUT2D eigenvalue weighted by atomic mass is 9.68. The molecule has 224 valence electrons. The van der Waals surface area contributed by atoms with Crippen molar-refractivity contribution in [3.63, 3.8) is 0 Å². The molecule has 0 N–H and O–H groups in total. The number of hydrogen-bond donors (Lipinski definition) is 0. The zero-order valence-corrected chi connectivity index (χ0v) is 26.6. The highest BCUT2D eigenvalue weighted by atomic mass is 16.7. The van der Waals surface area contributed by atoms with Crippen LogP contribution in [0, 0.1) is 29.1 Å². The summed E-state index contributed by atoms with van der Waals surface area (Å²) >= 11 is 0. The van der Waals surface area contributed by atoms with Crippen molar-refractivity contribution in [1.29, 1.82) is 0 Å². The Bertz CT molecular complexity index is 788. The third-order valence-corrected chi connectivity index (χ3v) is 9.75. The summed E-state index contributed by atoms with van der Waals surface area (Å²) in [5, 5.41) is 0. The van der Waals surface area contributed by atoms with Crippen molar-refractivity contribution in [1.82, 2.24) is 0 Å². The summed E-state index contributed by atoms with van der Waals surface area (Å²) in [4.78, 5) is 0. The van der Waals surface area contributed by atoms with Crippen molar-refractivity contribution in [2.75, 3.05) is 6.61 Å². The molecule has 0 spiro atoms. The zero-order valence-electron chi connectivity index (χ0n) is 26.6. The minimum absolute atomic E-state index is 0. The van der Waals surface area contributed by atoms with Crippen LogP contribution in [0.1, 0.15) is 151 Å². The Morgan fingerprint density at radius 1 is 0.795 bits per heavy atom. The van der Waals surface area contributed by atoms with E-state index in [1.165, 1.54) is 107 Å². The first-order valence-corrected chi connectivity index (χ1v) is 17.0. The highest BCUT2D eigenvalue weighted by Crippen LogP contribution is 2.43. The fourth-order valence-corrected chi connectivity index (χ4v) is 7.76. The quantitative estimate of drug-likeness (QED) is 0.275. The monoisotopic (exact) mass is 540 g/mol. The topological polar surface area (TPSA) is 18.5 Å². The third kappa shape index (κ3) is 10.2. The summed E-state index contributed by atoms with van der Waals surface area (Å²) < 4.78 is 13.4. The molecule has 0 bridgehead atoms. The van der Waals surface area contributed by atoms with Crippen LogP contribution >= 0.6 is 0 Å². The van der Waals surface area contributed by atoms with E-state index in [0.717, 1.165) is 36.5 Å². The number of benzene rings is 1.